The quantitative estimate of drug-likeness (QED) is 0.437. The van der Waals surface area contributed by atoms with Crippen molar-refractivity contribution in [2.45, 2.75) is 32.5 Å². The summed E-state index contributed by atoms with van der Waals surface area (Å²) < 4.78 is 15.3. The lowest BCUT2D eigenvalue weighted by Gasteiger charge is -2.41. The van der Waals surface area contributed by atoms with Crippen molar-refractivity contribution in [3.05, 3.63) is 0 Å². The monoisotopic (exact) mass is 214 g/mol. The maximum Gasteiger partial charge on any atom is 0.326 e. The van der Waals surface area contributed by atoms with Gasteiger partial charge in [-0.05, 0) is 12.8 Å². The standard InChI is InChI=1S/C10H14O5/c1-9(2)14-7(11)10(8(12)15-9)3-5-13-6-4-10/h3-6H2,1-2H3. The molecular formula is C10H14O5. The van der Waals surface area contributed by atoms with Gasteiger partial charge in [0.2, 0.25) is 0 Å². The molecule has 0 aromatic carbocycles. The van der Waals surface area contributed by atoms with Gasteiger partial charge in [0.05, 0.1) is 0 Å². The zero-order chi connectivity index (χ0) is 11.1. The van der Waals surface area contributed by atoms with Crippen LogP contribution in [0.3, 0.4) is 0 Å². The summed E-state index contributed by atoms with van der Waals surface area (Å²) in [5.41, 5.74) is -1.12. The number of hydrogen-bond acceptors (Lipinski definition) is 5. The van der Waals surface area contributed by atoms with Gasteiger partial charge in [-0.3, -0.25) is 9.59 Å². The lowest BCUT2D eigenvalue weighted by atomic mass is 9.79. The summed E-state index contributed by atoms with van der Waals surface area (Å²) in [6.07, 6.45) is 0.696. The van der Waals surface area contributed by atoms with Crippen molar-refractivity contribution in [1.29, 1.82) is 0 Å². The molecule has 2 rings (SSSR count). The Hall–Kier alpha value is -1.10. The van der Waals surface area contributed by atoms with Crippen LogP contribution in [0.1, 0.15) is 26.7 Å². The zero-order valence-corrected chi connectivity index (χ0v) is 8.87. The predicted octanol–water partition coefficient (Wildman–Crippen LogP) is 0.619. The first-order valence-corrected chi connectivity index (χ1v) is 5.01. The second kappa shape index (κ2) is 3.20. The maximum absolute atomic E-state index is 11.8. The molecule has 5 nitrogen and oxygen atoms in total. The van der Waals surface area contributed by atoms with Crippen LogP contribution >= 0.6 is 0 Å². The molecule has 5 heteroatoms. The number of hydrogen-bond donors (Lipinski definition) is 0. The van der Waals surface area contributed by atoms with E-state index in [-0.39, 0.29) is 0 Å². The van der Waals surface area contributed by atoms with E-state index in [1.807, 2.05) is 0 Å². The summed E-state index contributed by atoms with van der Waals surface area (Å²) in [4.78, 5) is 23.6. The molecule has 2 fully saturated rings. The first kappa shape index (κ1) is 10.4. The average molecular weight is 214 g/mol. The van der Waals surface area contributed by atoms with Crippen molar-refractivity contribution in [2.75, 3.05) is 13.2 Å². The Bertz CT molecular complexity index is 279. The minimum atomic E-state index is -1.14. The fourth-order valence-electron chi connectivity index (χ4n) is 1.87. The molecule has 0 aromatic heterocycles. The highest BCUT2D eigenvalue weighted by atomic mass is 16.7. The maximum atomic E-state index is 11.8. The van der Waals surface area contributed by atoms with Crippen molar-refractivity contribution in [1.82, 2.24) is 0 Å². The molecule has 0 N–H and O–H groups in total. The molecular weight excluding hydrogens is 200 g/mol. The van der Waals surface area contributed by atoms with E-state index >= 15 is 0 Å². The lowest BCUT2D eigenvalue weighted by molar-refractivity contribution is -0.256. The predicted molar refractivity (Wildman–Crippen MR) is 48.7 cm³/mol. The smallest absolute Gasteiger partial charge is 0.326 e. The number of ether oxygens (including phenoxy) is 3. The van der Waals surface area contributed by atoms with E-state index < -0.39 is 23.1 Å². The summed E-state index contributed by atoms with van der Waals surface area (Å²) in [6.45, 7) is 3.89. The van der Waals surface area contributed by atoms with Crippen LogP contribution in [-0.2, 0) is 23.8 Å². The van der Waals surface area contributed by atoms with E-state index in [9.17, 15) is 9.59 Å². The molecule has 0 unspecified atom stereocenters. The Balaban J connectivity index is 2.25. The van der Waals surface area contributed by atoms with Gasteiger partial charge in [0.25, 0.3) is 5.79 Å². The molecule has 0 aliphatic carbocycles. The summed E-state index contributed by atoms with van der Waals surface area (Å²) in [5.74, 6) is -2.10. The summed E-state index contributed by atoms with van der Waals surface area (Å²) in [5, 5.41) is 0. The molecule has 0 saturated carbocycles. The van der Waals surface area contributed by atoms with E-state index in [4.69, 9.17) is 14.2 Å². The topological polar surface area (TPSA) is 61.8 Å². The Morgan fingerprint density at radius 3 is 1.93 bits per heavy atom. The minimum Gasteiger partial charge on any atom is -0.422 e. The molecule has 84 valence electrons. The van der Waals surface area contributed by atoms with E-state index in [1.165, 1.54) is 0 Å². The fourth-order valence-corrected chi connectivity index (χ4v) is 1.87. The highest BCUT2D eigenvalue weighted by molar-refractivity contribution is 6.01. The largest absolute Gasteiger partial charge is 0.422 e. The van der Waals surface area contributed by atoms with Gasteiger partial charge in [-0.25, -0.2) is 0 Å². The normalized spacial score (nSPS) is 28.4. The van der Waals surface area contributed by atoms with E-state index in [2.05, 4.69) is 0 Å². The lowest BCUT2D eigenvalue weighted by Crippen LogP contribution is -2.55. The fraction of sp³-hybridized carbons (Fsp3) is 0.800. The summed E-state index contributed by atoms with van der Waals surface area (Å²) in [6, 6.07) is 0. The first-order chi connectivity index (χ1) is 6.96. The summed E-state index contributed by atoms with van der Waals surface area (Å²) >= 11 is 0. The van der Waals surface area contributed by atoms with Crippen molar-refractivity contribution >= 4 is 11.9 Å². The van der Waals surface area contributed by atoms with Crippen LogP contribution in [0.25, 0.3) is 0 Å². The highest BCUT2D eigenvalue weighted by Crippen LogP contribution is 2.39. The number of rotatable bonds is 0. The molecule has 15 heavy (non-hydrogen) atoms. The van der Waals surface area contributed by atoms with Crippen molar-refractivity contribution < 1.29 is 23.8 Å². The van der Waals surface area contributed by atoms with Crippen molar-refractivity contribution in [3.8, 4) is 0 Å². The molecule has 0 bridgehead atoms. The number of carbonyl (C=O) groups excluding carboxylic acids is 2. The van der Waals surface area contributed by atoms with Gasteiger partial charge in [-0.1, -0.05) is 0 Å². The SMILES string of the molecule is CC1(C)OC(=O)C2(CCOCC2)C(=O)O1. The Labute approximate surface area is 87.7 Å². The van der Waals surface area contributed by atoms with E-state index in [0.29, 0.717) is 26.1 Å². The molecule has 2 heterocycles. The third-order valence-electron chi connectivity index (χ3n) is 2.80. The number of esters is 2. The first-order valence-electron chi connectivity index (χ1n) is 5.01. The zero-order valence-electron chi connectivity index (χ0n) is 8.87. The van der Waals surface area contributed by atoms with Gasteiger partial charge in [-0.2, -0.15) is 0 Å². The van der Waals surface area contributed by atoms with Crippen LogP contribution in [0.5, 0.6) is 0 Å². The number of cyclic esters (lactones) is 2. The van der Waals surface area contributed by atoms with Gasteiger partial charge in [-0.15, -0.1) is 0 Å². The Kier molecular flexibility index (Phi) is 2.22. The minimum absolute atomic E-state index is 0.348. The Morgan fingerprint density at radius 2 is 1.47 bits per heavy atom. The Morgan fingerprint density at radius 1 is 1.00 bits per heavy atom. The van der Waals surface area contributed by atoms with E-state index in [1.54, 1.807) is 13.8 Å². The van der Waals surface area contributed by atoms with Crippen LogP contribution in [-0.4, -0.2) is 30.9 Å². The van der Waals surface area contributed by atoms with Crippen molar-refractivity contribution in [2.24, 2.45) is 5.41 Å². The molecule has 0 atom stereocenters. The molecule has 2 aliphatic rings. The van der Waals surface area contributed by atoms with Crippen LogP contribution in [0.2, 0.25) is 0 Å². The van der Waals surface area contributed by atoms with Crippen LogP contribution in [0, 0.1) is 5.41 Å². The van der Waals surface area contributed by atoms with Gasteiger partial charge in [0.15, 0.2) is 5.41 Å². The van der Waals surface area contributed by atoms with Crippen molar-refractivity contribution in [3.63, 3.8) is 0 Å². The highest BCUT2D eigenvalue weighted by Gasteiger charge is 2.56. The van der Waals surface area contributed by atoms with E-state index in [0.717, 1.165) is 0 Å². The van der Waals surface area contributed by atoms with Gasteiger partial charge in [0.1, 0.15) is 0 Å². The molecule has 0 amide bonds. The van der Waals surface area contributed by atoms with Gasteiger partial charge < -0.3 is 14.2 Å². The molecule has 1 spiro atoms. The second-order valence-electron chi connectivity index (χ2n) is 4.37. The van der Waals surface area contributed by atoms with Crippen LogP contribution < -0.4 is 0 Å². The molecule has 0 radical (unpaired) electrons. The number of carbonyl (C=O) groups is 2. The van der Waals surface area contributed by atoms with Gasteiger partial charge in [0, 0.05) is 27.1 Å². The van der Waals surface area contributed by atoms with Gasteiger partial charge >= 0.3 is 11.9 Å². The third-order valence-corrected chi connectivity index (χ3v) is 2.80. The van der Waals surface area contributed by atoms with Crippen LogP contribution in [0.4, 0.5) is 0 Å². The second-order valence-corrected chi connectivity index (χ2v) is 4.37. The molecule has 0 aromatic rings. The average Bonchev–Trinajstić information content (AvgIpc) is 2.15. The third kappa shape index (κ3) is 1.61. The molecule has 2 aliphatic heterocycles. The molecule has 2 saturated heterocycles. The summed E-state index contributed by atoms with van der Waals surface area (Å²) in [7, 11) is 0. The van der Waals surface area contributed by atoms with Crippen LogP contribution in [0.15, 0.2) is 0 Å².